The van der Waals surface area contributed by atoms with Crippen molar-refractivity contribution in [3.8, 4) is 0 Å². The van der Waals surface area contributed by atoms with Gasteiger partial charge in [-0.15, -0.1) is 0 Å². The Morgan fingerprint density at radius 1 is 1.38 bits per heavy atom. The van der Waals surface area contributed by atoms with E-state index in [9.17, 15) is 4.39 Å². The third-order valence-corrected chi connectivity index (χ3v) is 2.63. The Balaban J connectivity index is 2.65. The number of aromatic nitrogens is 1. The Morgan fingerprint density at radius 2 is 2.12 bits per heavy atom. The van der Waals surface area contributed by atoms with Crippen molar-refractivity contribution in [2.45, 2.75) is 26.5 Å². The van der Waals surface area contributed by atoms with Gasteiger partial charge in [-0.1, -0.05) is 0 Å². The maximum Gasteiger partial charge on any atom is 0.123 e. The van der Waals surface area contributed by atoms with Gasteiger partial charge < -0.3 is 4.57 Å². The molecule has 0 fully saturated rings. The Kier molecular flexibility index (Phi) is 2.94. The van der Waals surface area contributed by atoms with Crippen molar-refractivity contribution < 1.29 is 9.23 Å². The molecule has 0 saturated carbocycles. The Hall–Kier alpha value is -1.39. The topological polar surface area (TPSA) is 40.2 Å². The fraction of sp³-hybridized carbons (Fsp3) is 0.333. The van der Waals surface area contributed by atoms with Gasteiger partial charge in [-0.05, 0) is 38.1 Å². The Bertz CT molecular complexity index is 505. The molecule has 1 aromatic heterocycles. The molecule has 0 bridgehead atoms. The molecule has 0 unspecified atom stereocenters. The minimum Gasteiger partial charge on any atom is -0.340 e. The molecule has 2 rings (SSSR count). The molecule has 86 valence electrons. The molecule has 0 amide bonds. The van der Waals surface area contributed by atoms with Gasteiger partial charge in [0, 0.05) is 22.6 Å². The molecule has 0 atom stereocenters. The van der Waals surface area contributed by atoms with Gasteiger partial charge in [0.05, 0.1) is 0 Å². The zero-order valence-corrected chi connectivity index (χ0v) is 9.40. The summed E-state index contributed by atoms with van der Waals surface area (Å²) in [7, 11) is 0. The van der Waals surface area contributed by atoms with E-state index in [1.54, 1.807) is 6.07 Å². The van der Waals surface area contributed by atoms with Crippen molar-refractivity contribution in [1.82, 2.24) is 4.57 Å². The van der Waals surface area contributed by atoms with E-state index in [2.05, 4.69) is 23.3 Å². The van der Waals surface area contributed by atoms with Crippen molar-refractivity contribution in [2.24, 2.45) is 5.90 Å². The average molecular weight is 222 g/mol. The first-order valence-electron chi connectivity index (χ1n) is 5.24. The number of nitrogens with zero attached hydrogens (tertiary/aromatic N) is 1. The predicted molar refractivity (Wildman–Crippen MR) is 61.3 cm³/mol. The van der Waals surface area contributed by atoms with Crippen molar-refractivity contribution in [2.75, 3.05) is 0 Å². The lowest BCUT2D eigenvalue weighted by atomic mass is 10.2. The smallest absolute Gasteiger partial charge is 0.123 e. The SMILES string of the molecule is CC(C)n1c(CON)cc2cc(F)ccc21. The van der Waals surface area contributed by atoms with Crippen molar-refractivity contribution >= 4 is 10.9 Å². The molecule has 4 heteroatoms. The zero-order chi connectivity index (χ0) is 11.7. The maximum atomic E-state index is 13.1. The summed E-state index contributed by atoms with van der Waals surface area (Å²) in [4.78, 5) is 4.66. The van der Waals surface area contributed by atoms with Gasteiger partial charge in [-0.25, -0.2) is 10.3 Å². The van der Waals surface area contributed by atoms with Crippen LogP contribution in [0.15, 0.2) is 24.3 Å². The summed E-state index contributed by atoms with van der Waals surface area (Å²) in [6, 6.07) is 6.96. The molecule has 0 radical (unpaired) electrons. The van der Waals surface area contributed by atoms with Crippen molar-refractivity contribution in [1.29, 1.82) is 0 Å². The van der Waals surface area contributed by atoms with E-state index in [-0.39, 0.29) is 11.9 Å². The highest BCUT2D eigenvalue weighted by molar-refractivity contribution is 5.81. The highest BCUT2D eigenvalue weighted by Crippen LogP contribution is 2.25. The Labute approximate surface area is 93.6 Å². The number of fused-ring (bicyclic) bond motifs is 1. The molecule has 2 aromatic rings. The van der Waals surface area contributed by atoms with Crippen LogP contribution in [0.4, 0.5) is 4.39 Å². The van der Waals surface area contributed by atoms with E-state index in [0.717, 1.165) is 16.6 Å². The van der Waals surface area contributed by atoms with Crippen LogP contribution in [0.25, 0.3) is 10.9 Å². The molecular weight excluding hydrogens is 207 g/mol. The molecule has 0 saturated heterocycles. The maximum absolute atomic E-state index is 13.1. The summed E-state index contributed by atoms with van der Waals surface area (Å²) in [6.45, 7) is 4.47. The number of halogens is 1. The largest absolute Gasteiger partial charge is 0.340 e. The molecular formula is C12H15FN2O. The summed E-state index contributed by atoms with van der Waals surface area (Å²) in [6.07, 6.45) is 0. The molecule has 1 heterocycles. The predicted octanol–water partition coefficient (Wildman–Crippen LogP) is 2.75. The van der Waals surface area contributed by atoms with Crippen LogP contribution in [-0.4, -0.2) is 4.57 Å². The lowest BCUT2D eigenvalue weighted by Crippen LogP contribution is -2.08. The van der Waals surface area contributed by atoms with E-state index in [1.165, 1.54) is 12.1 Å². The lowest BCUT2D eigenvalue weighted by molar-refractivity contribution is 0.118. The van der Waals surface area contributed by atoms with Crippen LogP contribution < -0.4 is 5.90 Å². The number of benzene rings is 1. The van der Waals surface area contributed by atoms with Crippen LogP contribution in [0.5, 0.6) is 0 Å². The second kappa shape index (κ2) is 4.23. The molecule has 3 nitrogen and oxygen atoms in total. The highest BCUT2D eigenvalue weighted by atomic mass is 19.1. The van der Waals surface area contributed by atoms with Crippen LogP contribution in [-0.2, 0) is 11.4 Å². The van der Waals surface area contributed by atoms with Crippen molar-refractivity contribution in [3.63, 3.8) is 0 Å². The van der Waals surface area contributed by atoms with E-state index in [1.807, 2.05) is 6.07 Å². The van der Waals surface area contributed by atoms with Gasteiger partial charge in [0.25, 0.3) is 0 Å². The first kappa shape index (κ1) is 11.1. The summed E-state index contributed by atoms with van der Waals surface area (Å²) >= 11 is 0. The number of nitrogens with two attached hydrogens (primary N) is 1. The second-order valence-corrected chi connectivity index (χ2v) is 4.11. The van der Waals surface area contributed by atoms with Gasteiger partial charge in [0.15, 0.2) is 0 Å². The van der Waals surface area contributed by atoms with Gasteiger partial charge in [-0.3, -0.25) is 4.84 Å². The Morgan fingerprint density at radius 3 is 2.75 bits per heavy atom. The fourth-order valence-electron chi connectivity index (χ4n) is 2.07. The zero-order valence-electron chi connectivity index (χ0n) is 9.40. The second-order valence-electron chi connectivity index (χ2n) is 4.11. The average Bonchev–Trinajstić information content (AvgIpc) is 2.55. The van der Waals surface area contributed by atoms with Gasteiger partial charge in [0.1, 0.15) is 12.4 Å². The highest BCUT2D eigenvalue weighted by Gasteiger charge is 2.11. The van der Waals surface area contributed by atoms with Crippen molar-refractivity contribution in [3.05, 3.63) is 35.8 Å². The number of rotatable bonds is 3. The third kappa shape index (κ3) is 1.81. The molecule has 0 aliphatic heterocycles. The molecule has 0 aliphatic rings. The molecule has 1 aromatic carbocycles. The van der Waals surface area contributed by atoms with Gasteiger partial charge in [-0.2, -0.15) is 0 Å². The molecule has 0 aliphatic carbocycles. The summed E-state index contributed by atoms with van der Waals surface area (Å²) in [5.74, 6) is 4.87. The number of hydrogen-bond acceptors (Lipinski definition) is 2. The van der Waals surface area contributed by atoms with Crippen LogP contribution in [0.2, 0.25) is 0 Å². The fourth-order valence-corrected chi connectivity index (χ4v) is 2.07. The third-order valence-electron chi connectivity index (χ3n) is 2.63. The van der Waals surface area contributed by atoms with Crippen LogP contribution in [0.3, 0.4) is 0 Å². The van der Waals surface area contributed by atoms with E-state index in [4.69, 9.17) is 5.90 Å². The van der Waals surface area contributed by atoms with E-state index < -0.39 is 0 Å². The normalized spacial score (nSPS) is 11.6. The minimum absolute atomic E-state index is 0.228. The van der Waals surface area contributed by atoms with Gasteiger partial charge >= 0.3 is 0 Å². The summed E-state index contributed by atoms with van der Waals surface area (Å²) in [5.41, 5.74) is 1.96. The standard InChI is InChI=1S/C12H15FN2O/c1-8(2)15-11(7-16-14)6-9-5-10(13)3-4-12(9)15/h3-6,8H,7,14H2,1-2H3. The first-order valence-corrected chi connectivity index (χ1v) is 5.24. The summed E-state index contributed by atoms with van der Waals surface area (Å²) in [5, 5.41) is 0.876. The van der Waals surface area contributed by atoms with E-state index in [0.29, 0.717) is 6.61 Å². The molecule has 2 N–H and O–H groups in total. The quantitative estimate of drug-likeness (QED) is 0.811. The molecule has 16 heavy (non-hydrogen) atoms. The molecule has 0 spiro atoms. The number of hydrogen-bond donors (Lipinski definition) is 1. The van der Waals surface area contributed by atoms with Crippen LogP contribution in [0, 0.1) is 5.82 Å². The van der Waals surface area contributed by atoms with Crippen LogP contribution >= 0.6 is 0 Å². The van der Waals surface area contributed by atoms with Crippen LogP contribution in [0.1, 0.15) is 25.6 Å². The van der Waals surface area contributed by atoms with Gasteiger partial charge in [0.2, 0.25) is 0 Å². The first-order chi connectivity index (χ1) is 7.63. The van der Waals surface area contributed by atoms with E-state index >= 15 is 0 Å². The monoisotopic (exact) mass is 222 g/mol. The lowest BCUT2D eigenvalue weighted by Gasteiger charge is -2.13. The minimum atomic E-state index is -0.228. The summed E-state index contributed by atoms with van der Waals surface area (Å²) < 4.78 is 15.2.